The van der Waals surface area contributed by atoms with E-state index in [1.54, 1.807) is 24.5 Å². The minimum absolute atomic E-state index is 0.241. The summed E-state index contributed by atoms with van der Waals surface area (Å²) >= 11 is 6.18. The van der Waals surface area contributed by atoms with Crippen LogP contribution in [0.25, 0.3) is 27.7 Å². The Morgan fingerprint density at radius 1 is 0.913 bits per heavy atom. The van der Waals surface area contributed by atoms with Gasteiger partial charge in [-0.2, -0.15) is 0 Å². The molecule has 0 radical (unpaired) electrons. The van der Waals surface area contributed by atoms with Crippen LogP contribution < -0.4 is 0 Å². The van der Waals surface area contributed by atoms with Gasteiger partial charge in [0.05, 0.1) is 5.52 Å². The summed E-state index contributed by atoms with van der Waals surface area (Å²) in [4.78, 5) is 4.06. The van der Waals surface area contributed by atoms with Crippen LogP contribution in [-0.4, -0.2) is 9.55 Å². The fraction of sp³-hybridized carbons (Fsp3) is 0. The number of hydrogen-bond donors (Lipinski definition) is 0. The van der Waals surface area contributed by atoms with Gasteiger partial charge in [-0.1, -0.05) is 29.8 Å². The molecule has 0 saturated heterocycles. The Hall–Kier alpha value is -2.65. The number of benzene rings is 2. The summed E-state index contributed by atoms with van der Waals surface area (Å²) in [6.07, 6.45) is 5.55. The van der Waals surface area contributed by atoms with E-state index in [0.717, 1.165) is 27.7 Å². The van der Waals surface area contributed by atoms with Crippen molar-refractivity contribution in [2.45, 2.75) is 0 Å². The molecule has 0 amide bonds. The van der Waals surface area contributed by atoms with Crippen LogP contribution in [0.4, 0.5) is 4.39 Å². The molecule has 0 aliphatic heterocycles. The second kappa shape index (κ2) is 5.52. The van der Waals surface area contributed by atoms with Gasteiger partial charge in [0.1, 0.15) is 5.82 Å². The Morgan fingerprint density at radius 2 is 1.65 bits per heavy atom. The normalized spacial score (nSPS) is 11.0. The van der Waals surface area contributed by atoms with Crippen LogP contribution in [0.5, 0.6) is 0 Å². The number of halogens is 2. The number of nitrogens with zero attached hydrogens (tertiary/aromatic N) is 2. The standard InChI is InChI=1S/C19H12ClFN2/c20-14-3-6-17-18(13-1-4-15(21)5-2-13)12-23(19(17)11-14)16-7-9-22-10-8-16/h1-12H. The molecule has 0 spiro atoms. The zero-order chi connectivity index (χ0) is 15.8. The highest BCUT2D eigenvalue weighted by Crippen LogP contribution is 2.34. The zero-order valence-electron chi connectivity index (χ0n) is 12.1. The molecule has 4 rings (SSSR count). The maximum Gasteiger partial charge on any atom is 0.123 e. The molecule has 4 heteroatoms. The quantitative estimate of drug-likeness (QED) is 0.477. The van der Waals surface area contributed by atoms with Crippen molar-refractivity contribution in [1.82, 2.24) is 9.55 Å². The molecule has 23 heavy (non-hydrogen) atoms. The van der Waals surface area contributed by atoms with Gasteiger partial charge in [-0.05, 0) is 42.0 Å². The van der Waals surface area contributed by atoms with E-state index in [1.807, 2.05) is 36.5 Å². The number of rotatable bonds is 2. The molecule has 2 aromatic carbocycles. The van der Waals surface area contributed by atoms with Gasteiger partial charge >= 0.3 is 0 Å². The van der Waals surface area contributed by atoms with Crippen LogP contribution in [0, 0.1) is 5.82 Å². The van der Waals surface area contributed by atoms with Crippen molar-refractivity contribution in [2.75, 3.05) is 0 Å². The summed E-state index contributed by atoms with van der Waals surface area (Å²) in [5.74, 6) is -0.241. The maximum atomic E-state index is 13.2. The van der Waals surface area contributed by atoms with Crippen LogP contribution in [0.2, 0.25) is 5.02 Å². The van der Waals surface area contributed by atoms with Crippen LogP contribution >= 0.6 is 11.6 Å². The van der Waals surface area contributed by atoms with Crippen molar-refractivity contribution in [3.05, 3.63) is 84.0 Å². The highest BCUT2D eigenvalue weighted by molar-refractivity contribution is 6.31. The van der Waals surface area contributed by atoms with Crippen molar-refractivity contribution in [1.29, 1.82) is 0 Å². The molecule has 2 aromatic heterocycles. The van der Waals surface area contributed by atoms with E-state index < -0.39 is 0 Å². The van der Waals surface area contributed by atoms with Gasteiger partial charge in [0, 0.05) is 40.3 Å². The smallest absolute Gasteiger partial charge is 0.123 e. The molecular formula is C19H12ClFN2. The van der Waals surface area contributed by atoms with Crippen molar-refractivity contribution in [2.24, 2.45) is 0 Å². The molecule has 0 N–H and O–H groups in total. The highest BCUT2D eigenvalue weighted by Gasteiger charge is 2.12. The number of hydrogen-bond acceptors (Lipinski definition) is 1. The first-order chi connectivity index (χ1) is 11.2. The topological polar surface area (TPSA) is 17.8 Å². The zero-order valence-corrected chi connectivity index (χ0v) is 12.8. The van der Waals surface area contributed by atoms with Gasteiger partial charge < -0.3 is 4.57 Å². The van der Waals surface area contributed by atoms with Crippen LogP contribution in [0.15, 0.2) is 73.2 Å². The summed E-state index contributed by atoms with van der Waals surface area (Å²) in [6, 6.07) is 16.2. The Morgan fingerprint density at radius 3 is 2.39 bits per heavy atom. The van der Waals surface area contributed by atoms with E-state index in [2.05, 4.69) is 9.55 Å². The number of fused-ring (bicyclic) bond motifs is 1. The molecule has 0 aliphatic rings. The van der Waals surface area contributed by atoms with E-state index >= 15 is 0 Å². The van der Waals surface area contributed by atoms with Gasteiger partial charge in [0.2, 0.25) is 0 Å². The molecule has 0 fully saturated rings. The van der Waals surface area contributed by atoms with Crippen molar-refractivity contribution in [3.63, 3.8) is 0 Å². The maximum absolute atomic E-state index is 13.2. The Labute approximate surface area is 137 Å². The van der Waals surface area contributed by atoms with E-state index in [0.29, 0.717) is 5.02 Å². The summed E-state index contributed by atoms with van der Waals surface area (Å²) in [6.45, 7) is 0. The first kappa shape index (κ1) is 14.0. The lowest BCUT2D eigenvalue weighted by Crippen LogP contribution is -1.91. The predicted octanol–water partition coefficient (Wildman–Crippen LogP) is 5.49. The molecule has 0 atom stereocenters. The predicted molar refractivity (Wildman–Crippen MR) is 91.5 cm³/mol. The van der Waals surface area contributed by atoms with Gasteiger partial charge in [-0.25, -0.2) is 4.39 Å². The summed E-state index contributed by atoms with van der Waals surface area (Å²) in [5, 5.41) is 1.74. The van der Waals surface area contributed by atoms with E-state index in [1.165, 1.54) is 12.1 Å². The summed E-state index contributed by atoms with van der Waals surface area (Å²) in [7, 11) is 0. The first-order valence-corrected chi connectivity index (χ1v) is 7.57. The van der Waals surface area contributed by atoms with E-state index in [9.17, 15) is 4.39 Å². The molecule has 0 aliphatic carbocycles. The lowest BCUT2D eigenvalue weighted by atomic mass is 10.1. The third-order valence-corrected chi connectivity index (χ3v) is 4.10. The van der Waals surface area contributed by atoms with Crippen LogP contribution in [0.3, 0.4) is 0 Å². The highest BCUT2D eigenvalue weighted by atomic mass is 35.5. The molecule has 0 unspecified atom stereocenters. The fourth-order valence-electron chi connectivity index (χ4n) is 2.78. The third-order valence-electron chi connectivity index (χ3n) is 3.86. The Kier molecular flexibility index (Phi) is 3.36. The number of aromatic nitrogens is 2. The molecular weight excluding hydrogens is 311 g/mol. The van der Waals surface area contributed by atoms with Crippen molar-refractivity contribution >= 4 is 22.5 Å². The number of pyridine rings is 1. The van der Waals surface area contributed by atoms with E-state index in [-0.39, 0.29) is 5.82 Å². The fourth-order valence-corrected chi connectivity index (χ4v) is 2.94. The monoisotopic (exact) mass is 322 g/mol. The molecule has 112 valence electrons. The summed E-state index contributed by atoms with van der Waals surface area (Å²) in [5.41, 5.74) is 4.00. The average Bonchev–Trinajstić information content (AvgIpc) is 2.95. The van der Waals surface area contributed by atoms with Crippen LogP contribution in [-0.2, 0) is 0 Å². The first-order valence-electron chi connectivity index (χ1n) is 7.19. The SMILES string of the molecule is Fc1ccc(-c2cn(-c3ccncc3)c3cc(Cl)ccc23)cc1. The lowest BCUT2D eigenvalue weighted by Gasteiger charge is -2.04. The molecule has 0 bridgehead atoms. The van der Waals surface area contributed by atoms with E-state index in [4.69, 9.17) is 11.6 Å². The summed E-state index contributed by atoms with van der Waals surface area (Å²) < 4.78 is 15.3. The molecule has 0 saturated carbocycles. The van der Waals surface area contributed by atoms with Gasteiger partial charge in [0.25, 0.3) is 0 Å². The van der Waals surface area contributed by atoms with Gasteiger partial charge in [0.15, 0.2) is 0 Å². The van der Waals surface area contributed by atoms with Gasteiger partial charge in [-0.3, -0.25) is 4.98 Å². The van der Waals surface area contributed by atoms with Gasteiger partial charge in [-0.15, -0.1) is 0 Å². The lowest BCUT2D eigenvalue weighted by molar-refractivity contribution is 0.628. The molecule has 2 nitrogen and oxygen atoms in total. The van der Waals surface area contributed by atoms with Crippen molar-refractivity contribution < 1.29 is 4.39 Å². The van der Waals surface area contributed by atoms with Crippen molar-refractivity contribution in [3.8, 4) is 16.8 Å². The van der Waals surface area contributed by atoms with Crippen LogP contribution in [0.1, 0.15) is 0 Å². The largest absolute Gasteiger partial charge is 0.316 e. The minimum atomic E-state index is -0.241. The second-order valence-electron chi connectivity index (χ2n) is 5.29. The molecule has 4 aromatic rings. The second-order valence-corrected chi connectivity index (χ2v) is 5.72. The Balaban J connectivity index is 2.01. The average molecular weight is 323 g/mol. The Bertz CT molecular complexity index is 976. The minimum Gasteiger partial charge on any atom is -0.316 e. The third kappa shape index (κ3) is 2.49. The molecule has 2 heterocycles.